The molecule has 1 aliphatic rings. The number of rotatable bonds is 5. The van der Waals surface area contributed by atoms with Gasteiger partial charge in [0.2, 0.25) is 0 Å². The monoisotopic (exact) mass is 284 g/mol. The second-order valence-corrected chi connectivity index (χ2v) is 5.59. The molecule has 3 N–H and O–H groups in total. The molecule has 5 nitrogen and oxygen atoms in total. The maximum Gasteiger partial charge on any atom is 0.251 e. The number of aryl methyl sites for hydroxylation is 2. The van der Waals surface area contributed by atoms with Crippen molar-refractivity contribution in [3.8, 4) is 0 Å². The van der Waals surface area contributed by atoms with E-state index in [1.165, 1.54) is 5.56 Å². The summed E-state index contributed by atoms with van der Waals surface area (Å²) in [5.74, 6) is 0.0109. The van der Waals surface area contributed by atoms with Crippen molar-refractivity contribution >= 4 is 11.6 Å². The molecule has 5 heteroatoms. The predicted octanol–water partition coefficient (Wildman–Crippen LogP) is 2.53. The summed E-state index contributed by atoms with van der Waals surface area (Å²) in [6.07, 6.45) is 2.20. The van der Waals surface area contributed by atoms with Gasteiger partial charge < -0.3 is 10.6 Å². The standard InChI is InChI=1S/C16H20N4O/c1-10-15(11(2)20-19-10)9-17-14-5-3-4-12(8-14)16(21)18-13-6-7-13/h3-5,8,13,17H,6-7,9H2,1-2H3,(H,18,21)(H,19,20). The van der Waals surface area contributed by atoms with Crippen molar-refractivity contribution < 1.29 is 4.79 Å². The van der Waals surface area contributed by atoms with Crippen LogP contribution in [-0.4, -0.2) is 22.1 Å². The zero-order valence-electron chi connectivity index (χ0n) is 12.4. The largest absolute Gasteiger partial charge is 0.381 e. The van der Waals surface area contributed by atoms with Gasteiger partial charge in [-0.2, -0.15) is 5.10 Å². The summed E-state index contributed by atoms with van der Waals surface area (Å²) in [6, 6.07) is 7.99. The van der Waals surface area contributed by atoms with Gasteiger partial charge in [0, 0.05) is 35.1 Å². The van der Waals surface area contributed by atoms with Crippen molar-refractivity contribution in [3.63, 3.8) is 0 Å². The Balaban J connectivity index is 1.66. The van der Waals surface area contributed by atoms with E-state index < -0.39 is 0 Å². The van der Waals surface area contributed by atoms with Crippen molar-refractivity contribution in [2.45, 2.75) is 39.3 Å². The zero-order valence-corrected chi connectivity index (χ0v) is 12.4. The maximum absolute atomic E-state index is 12.0. The quantitative estimate of drug-likeness (QED) is 0.790. The molecule has 0 atom stereocenters. The van der Waals surface area contributed by atoms with Crippen LogP contribution < -0.4 is 10.6 Å². The molecule has 0 spiro atoms. The van der Waals surface area contributed by atoms with E-state index in [0.29, 0.717) is 18.2 Å². The van der Waals surface area contributed by atoms with Crippen LogP contribution >= 0.6 is 0 Å². The van der Waals surface area contributed by atoms with Crippen LogP contribution in [0, 0.1) is 13.8 Å². The van der Waals surface area contributed by atoms with Crippen molar-refractivity contribution in [1.82, 2.24) is 15.5 Å². The number of carbonyl (C=O) groups is 1. The Morgan fingerprint density at radius 1 is 1.38 bits per heavy atom. The molecule has 1 heterocycles. The van der Waals surface area contributed by atoms with Crippen molar-refractivity contribution in [3.05, 3.63) is 46.8 Å². The lowest BCUT2D eigenvalue weighted by Crippen LogP contribution is -2.25. The summed E-state index contributed by atoms with van der Waals surface area (Å²) in [4.78, 5) is 12.0. The Kier molecular flexibility index (Phi) is 3.64. The molecule has 3 rings (SSSR count). The fourth-order valence-corrected chi connectivity index (χ4v) is 2.29. The number of hydrogen-bond acceptors (Lipinski definition) is 3. The highest BCUT2D eigenvalue weighted by molar-refractivity contribution is 5.95. The molecule has 2 aromatic rings. The van der Waals surface area contributed by atoms with Crippen molar-refractivity contribution in [2.24, 2.45) is 0 Å². The van der Waals surface area contributed by atoms with E-state index in [-0.39, 0.29) is 5.91 Å². The van der Waals surface area contributed by atoms with E-state index in [9.17, 15) is 4.79 Å². The van der Waals surface area contributed by atoms with E-state index in [0.717, 1.165) is 29.9 Å². The first kappa shape index (κ1) is 13.7. The van der Waals surface area contributed by atoms with Gasteiger partial charge in [-0.05, 0) is 44.9 Å². The first-order valence-electron chi connectivity index (χ1n) is 7.28. The van der Waals surface area contributed by atoms with E-state index in [1.807, 2.05) is 38.1 Å². The minimum atomic E-state index is 0.0109. The van der Waals surface area contributed by atoms with E-state index >= 15 is 0 Å². The van der Waals surface area contributed by atoms with E-state index in [2.05, 4.69) is 20.8 Å². The molecule has 0 saturated heterocycles. The van der Waals surface area contributed by atoms with Crippen molar-refractivity contribution in [1.29, 1.82) is 0 Å². The Bertz CT molecular complexity index is 639. The van der Waals surface area contributed by atoms with Gasteiger partial charge in [-0.25, -0.2) is 0 Å². The number of aromatic amines is 1. The lowest BCUT2D eigenvalue weighted by atomic mass is 10.1. The second kappa shape index (κ2) is 5.60. The fourth-order valence-electron chi connectivity index (χ4n) is 2.29. The van der Waals surface area contributed by atoms with Gasteiger partial charge in [-0.1, -0.05) is 6.07 Å². The van der Waals surface area contributed by atoms with E-state index in [1.54, 1.807) is 0 Å². The summed E-state index contributed by atoms with van der Waals surface area (Å²) in [5.41, 5.74) is 4.89. The third-order valence-corrected chi connectivity index (χ3v) is 3.79. The summed E-state index contributed by atoms with van der Waals surface area (Å²) in [5, 5.41) is 13.5. The SMILES string of the molecule is Cc1n[nH]c(C)c1CNc1cccc(C(=O)NC2CC2)c1. The van der Waals surface area contributed by atoms with E-state index in [4.69, 9.17) is 0 Å². The lowest BCUT2D eigenvalue weighted by Gasteiger charge is -2.09. The molecule has 0 unspecified atom stereocenters. The first-order valence-corrected chi connectivity index (χ1v) is 7.28. The molecule has 0 radical (unpaired) electrons. The van der Waals surface area contributed by atoms with Crippen LogP contribution in [0.1, 0.15) is 40.2 Å². The van der Waals surface area contributed by atoms with Crippen LogP contribution in [0.4, 0.5) is 5.69 Å². The smallest absolute Gasteiger partial charge is 0.251 e. The number of nitrogens with one attached hydrogen (secondary N) is 3. The minimum Gasteiger partial charge on any atom is -0.381 e. The molecule has 0 aliphatic heterocycles. The van der Waals surface area contributed by atoms with Crippen LogP contribution in [0.15, 0.2) is 24.3 Å². The zero-order chi connectivity index (χ0) is 14.8. The number of aromatic nitrogens is 2. The van der Waals surface area contributed by atoms with Crippen LogP contribution in [-0.2, 0) is 6.54 Å². The average Bonchev–Trinajstić information content (AvgIpc) is 3.23. The van der Waals surface area contributed by atoms with Gasteiger partial charge in [0.25, 0.3) is 5.91 Å². The Labute approximate surface area is 124 Å². The molecule has 1 amide bonds. The highest BCUT2D eigenvalue weighted by atomic mass is 16.1. The fraction of sp³-hybridized carbons (Fsp3) is 0.375. The maximum atomic E-state index is 12.0. The molecule has 1 aromatic carbocycles. The molecule has 0 bridgehead atoms. The normalized spacial score (nSPS) is 14.0. The van der Waals surface area contributed by atoms with Crippen LogP contribution in [0.5, 0.6) is 0 Å². The average molecular weight is 284 g/mol. The lowest BCUT2D eigenvalue weighted by molar-refractivity contribution is 0.0951. The van der Waals surface area contributed by atoms with Gasteiger partial charge >= 0.3 is 0 Å². The Hall–Kier alpha value is -2.30. The van der Waals surface area contributed by atoms with Gasteiger partial charge in [0.05, 0.1) is 5.69 Å². The number of anilines is 1. The highest BCUT2D eigenvalue weighted by Gasteiger charge is 2.23. The summed E-state index contributed by atoms with van der Waals surface area (Å²) < 4.78 is 0. The summed E-state index contributed by atoms with van der Waals surface area (Å²) >= 11 is 0. The number of carbonyl (C=O) groups excluding carboxylic acids is 1. The molecular weight excluding hydrogens is 264 g/mol. The van der Waals surface area contributed by atoms with Crippen LogP contribution in [0.3, 0.4) is 0 Å². The number of benzene rings is 1. The molecule has 21 heavy (non-hydrogen) atoms. The molecular formula is C16H20N4O. The third kappa shape index (κ3) is 3.24. The van der Waals surface area contributed by atoms with Crippen LogP contribution in [0.2, 0.25) is 0 Å². The number of H-pyrrole nitrogens is 1. The molecule has 1 saturated carbocycles. The molecule has 1 fully saturated rings. The number of nitrogens with zero attached hydrogens (tertiary/aromatic N) is 1. The number of hydrogen-bond donors (Lipinski definition) is 3. The van der Waals surface area contributed by atoms with Gasteiger partial charge in [0.1, 0.15) is 0 Å². The third-order valence-electron chi connectivity index (χ3n) is 3.79. The summed E-state index contributed by atoms with van der Waals surface area (Å²) in [6.45, 7) is 4.69. The van der Waals surface area contributed by atoms with Crippen LogP contribution in [0.25, 0.3) is 0 Å². The topological polar surface area (TPSA) is 69.8 Å². The second-order valence-electron chi connectivity index (χ2n) is 5.59. The molecule has 1 aromatic heterocycles. The van der Waals surface area contributed by atoms with Gasteiger partial charge in [-0.15, -0.1) is 0 Å². The minimum absolute atomic E-state index is 0.0109. The number of amides is 1. The predicted molar refractivity (Wildman–Crippen MR) is 82.3 cm³/mol. The molecule has 1 aliphatic carbocycles. The summed E-state index contributed by atoms with van der Waals surface area (Å²) in [7, 11) is 0. The molecule has 110 valence electrons. The Morgan fingerprint density at radius 2 is 2.19 bits per heavy atom. The van der Waals surface area contributed by atoms with Gasteiger partial charge in [-0.3, -0.25) is 9.89 Å². The van der Waals surface area contributed by atoms with Gasteiger partial charge in [0.15, 0.2) is 0 Å². The Morgan fingerprint density at radius 3 is 2.86 bits per heavy atom. The highest BCUT2D eigenvalue weighted by Crippen LogP contribution is 2.20. The first-order chi connectivity index (χ1) is 10.1. The van der Waals surface area contributed by atoms with Crippen molar-refractivity contribution in [2.75, 3.05) is 5.32 Å².